The van der Waals surface area contributed by atoms with Gasteiger partial charge in [0.1, 0.15) is 0 Å². The predicted molar refractivity (Wildman–Crippen MR) is 74.7 cm³/mol. The van der Waals surface area contributed by atoms with E-state index in [1.54, 1.807) is 6.20 Å². The molecular formula is C13H15BrN4. The SMILES string of the molecule is Cc1cccc(C(Cc2ccc(Br)cn2)NN)n1. The zero-order valence-electron chi connectivity index (χ0n) is 10.1. The fraction of sp³-hybridized carbons (Fsp3) is 0.231. The number of aromatic nitrogens is 2. The van der Waals surface area contributed by atoms with Crippen LogP contribution in [0.4, 0.5) is 0 Å². The highest BCUT2D eigenvalue weighted by molar-refractivity contribution is 9.10. The van der Waals surface area contributed by atoms with Crippen molar-refractivity contribution >= 4 is 15.9 Å². The van der Waals surface area contributed by atoms with E-state index in [9.17, 15) is 0 Å². The van der Waals surface area contributed by atoms with E-state index in [1.807, 2.05) is 37.3 Å². The van der Waals surface area contributed by atoms with Gasteiger partial charge in [0.15, 0.2) is 0 Å². The number of halogens is 1. The van der Waals surface area contributed by atoms with Crippen molar-refractivity contribution in [2.24, 2.45) is 5.84 Å². The average Bonchev–Trinajstić information content (AvgIpc) is 2.38. The van der Waals surface area contributed by atoms with Gasteiger partial charge in [-0.15, -0.1) is 0 Å². The van der Waals surface area contributed by atoms with Gasteiger partial charge >= 0.3 is 0 Å². The molecule has 1 atom stereocenters. The second-order valence-corrected chi connectivity index (χ2v) is 5.01. The quantitative estimate of drug-likeness (QED) is 0.672. The summed E-state index contributed by atoms with van der Waals surface area (Å²) >= 11 is 3.37. The number of nitrogens with two attached hydrogens (primary N) is 1. The average molecular weight is 307 g/mol. The van der Waals surface area contributed by atoms with Crippen LogP contribution in [0.15, 0.2) is 41.0 Å². The number of nitrogens with one attached hydrogen (secondary N) is 1. The molecule has 4 nitrogen and oxygen atoms in total. The van der Waals surface area contributed by atoms with Crippen molar-refractivity contribution in [1.82, 2.24) is 15.4 Å². The Bertz CT molecular complexity index is 513. The normalized spacial score (nSPS) is 12.4. The van der Waals surface area contributed by atoms with E-state index in [0.717, 1.165) is 21.6 Å². The second kappa shape index (κ2) is 6.04. The van der Waals surface area contributed by atoms with Crippen molar-refractivity contribution in [2.75, 3.05) is 0 Å². The molecule has 0 aliphatic heterocycles. The Morgan fingerprint density at radius 1 is 1.33 bits per heavy atom. The van der Waals surface area contributed by atoms with E-state index in [4.69, 9.17) is 5.84 Å². The van der Waals surface area contributed by atoms with E-state index in [-0.39, 0.29) is 6.04 Å². The first kappa shape index (κ1) is 13.1. The number of nitrogens with zero attached hydrogens (tertiary/aromatic N) is 2. The Morgan fingerprint density at radius 2 is 2.17 bits per heavy atom. The van der Waals surface area contributed by atoms with E-state index < -0.39 is 0 Å². The maximum absolute atomic E-state index is 5.61. The summed E-state index contributed by atoms with van der Waals surface area (Å²) in [4.78, 5) is 8.82. The first-order valence-corrected chi connectivity index (χ1v) is 6.48. The van der Waals surface area contributed by atoms with Gasteiger partial charge in [0.05, 0.1) is 11.7 Å². The molecule has 0 saturated heterocycles. The van der Waals surface area contributed by atoms with Crippen molar-refractivity contribution < 1.29 is 0 Å². The summed E-state index contributed by atoms with van der Waals surface area (Å²) in [6, 6.07) is 9.84. The molecule has 5 heteroatoms. The number of pyridine rings is 2. The molecule has 1 unspecified atom stereocenters. The molecule has 0 aliphatic carbocycles. The van der Waals surface area contributed by atoms with Crippen LogP contribution in [0.5, 0.6) is 0 Å². The third-order valence-electron chi connectivity index (χ3n) is 2.67. The van der Waals surface area contributed by atoms with Gasteiger partial charge in [0.25, 0.3) is 0 Å². The lowest BCUT2D eigenvalue weighted by atomic mass is 10.1. The largest absolute Gasteiger partial charge is 0.271 e. The maximum Gasteiger partial charge on any atom is 0.0687 e. The molecule has 3 N–H and O–H groups in total. The lowest BCUT2D eigenvalue weighted by Gasteiger charge is -2.15. The standard InChI is InChI=1S/C13H15BrN4/c1-9-3-2-4-12(17-9)13(18-15)7-11-6-5-10(14)8-16-11/h2-6,8,13,18H,7,15H2,1H3. The minimum atomic E-state index is -0.0291. The molecule has 0 aromatic carbocycles. The molecule has 0 saturated carbocycles. The molecule has 0 fully saturated rings. The molecule has 2 aromatic rings. The molecule has 0 amide bonds. The lowest BCUT2D eigenvalue weighted by Crippen LogP contribution is -2.30. The molecule has 94 valence electrons. The van der Waals surface area contributed by atoms with Crippen LogP contribution in [0.1, 0.15) is 23.1 Å². The van der Waals surface area contributed by atoms with Gasteiger partial charge in [-0.1, -0.05) is 6.07 Å². The molecule has 0 bridgehead atoms. The fourth-order valence-electron chi connectivity index (χ4n) is 1.74. The second-order valence-electron chi connectivity index (χ2n) is 4.09. The van der Waals surface area contributed by atoms with E-state index in [2.05, 4.69) is 31.3 Å². The summed E-state index contributed by atoms with van der Waals surface area (Å²) in [5.74, 6) is 5.61. The van der Waals surface area contributed by atoms with E-state index >= 15 is 0 Å². The fourth-order valence-corrected chi connectivity index (χ4v) is 1.98. The van der Waals surface area contributed by atoms with Crippen LogP contribution < -0.4 is 11.3 Å². The maximum atomic E-state index is 5.61. The van der Waals surface area contributed by atoms with Crippen LogP contribution in [-0.2, 0) is 6.42 Å². The third kappa shape index (κ3) is 3.35. The molecule has 2 rings (SSSR count). The van der Waals surface area contributed by atoms with Gasteiger partial charge in [0.2, 0.25) is 0 Å². The third-order valence-corrected chi connectivity index (χ3v) is 3.14. The number of hydrogen-bond acceptors (Lipinski definition) is 4. The van der Waals surface area contributed by atoms with Gasteiger partial charge in [-0.2, -0.15) is 0 Å². The van der Waals surface area contributed by atoms with Crippen LogP contribution in [0.3, 0.4) is 0 Å². The minimum Gasteiger partial charge on any atom is -0.271 e. The van der Waals surface area contributed by atoms with E-state index in [1.165, 1.54) is 0 Å². The summed E-state index contributed by atoms with van der Waals surface area (Å²) in [6.45, 7) is 1.97. The van der Waals surface area contributed by atoms with Crippen LogP contribution >= 0.6 is 15.9 Å². The van der Waals surface area contributed by atoms with Crippen molar-refractivity contribution in [3.05, 3.63) is 58.1 Å². The van der Waals surface area contributed by atoms with Crippen molar-refractivity contribution in [1.29, 1.82) is 0 Å². The summed E-state index contributed by atoms with van der Waals surface area (Å²) in [7, 11) is 0. The highest BCUT2D eigenvalue weighted by Crippen LogP contribution is 2.16. The zero-order valence-corrected chi connectivity index (χ0v) is 11.7. The van der Waals surface area contributed by atoms with E-state index in [0.29, 0.717) is 6.42 Å². The van der Waals surface area contributed by atoms with Gasteiger partial charge in [-0.3, -0.25) is 21.2 Å². The number of aryl methyl sites for hydroxylation is 1. The summed E-state index contributed by atoms with van der Waals surface area (Å²) in [6.07, 6.45) is 2.49. The molecule has 0 spiro atoms. The van der Waals surface area contributed by atoms with Crippen LogP contribution in [0, 0.1) is 6.92 Å². The Morgan fingerprint density at radius 3 is 2.78 bits per heavy atom. The Balaban J connectivity index is 2.17. The highest BCUT2D eigenvalue weighted by atomic mass is 79.9. The van der Waals surface area contributed by atoms with Gasteiger partial charge in [-0.05, 0) is 47.1 Å². The van der Waals surface area contributed by atoms with Crippen molar-refractivity contribution in [3.8, 4) is 0 Å². The topological polar surface area (TPSA) is 63.8 Å². The van der Waals surface area contributed by atoms with Gasteiger partial charge < -0.3 is 0 Å². The summed E-state index contributed by atoms with van der Waals surface area (Å²) in [5.41, 5.74) is 5.69. The predicted octanol–water partition coefficient (Wildman–Crippen LogP) is 2.29. The highest BCUT2D eigenvalue weighted by Gasteiger charge is 2.12. The molecule has 2 heterocycles. The molecular weight excluding hydrogens is 292 g/mol. The molecule has 0 radical (unpaired) electrons. The van der Waals surface area contributed by atoms with Gasteiger partial charge in [0, 0.05) is 28.5 Å². The Labute approximate surface area is 115 Å². The van der Waals surface area contributed by atoms with Crippen LogP contribution in [0.2, 0.25) is 0 Å². The minimum absolute atomic E-state index is 0.0291. The van der Waals surface area contributed by atoms with Gasteiger partial charge in [-0.25, -0.2) is 0 Å². The van der Waals surface area contributed by atoms with Crippen molar-refractivity contribution in [3.63, 3.8) is 0 Å². The summed E-state index contributed by atoms with van der Waals surface area (Å²) < 4.78 is 0.970. The molecule has 2 aromatic heterocycles. The van der Waals surface area contributed by atoms with Crippen molar-refractivity contribution in [2.45, 2.75) is 19.4 Å². The lowest BCUT2D eigenvalue weighted by molar-refractivity contribution is 0.531. The van der Waals surface area contributed by atoms with Crippen LogP contribution in [-0.4, -0.2) is 9.97 Å². The first-order valence-electron chi connectivity index (χ1n) is 5.69. The number of rotatable bonds is 4. The van der Waals surface area contributed by atoms with Crippen LogP contribution in [0.25, 0.3) is 0 Å². The Kier molecular flexibility index (Phi) is 4.41. The molecule has 0 aliphatic rings. The summed E-state index contributed by atoms with van der Waals surface area (Å²) in [5, 5.41) is 0. The Hall–Kier alpha value is -1.30. The monoisotopic (exact) mass is 306 g/mol. The number of hydrogen-bond donors (Lipinski definition) is 2. The molecule has 18 heavy (non-hydrogen) atoms. The number of hydrazine groups is 1. The zero-order chi connectivity index (χ0) is 13.0. The smallest absolute Gasteiger partial charge is 0.0687 e. The first-order chi connectivity index (χ1) is 8.69.